The number of benzene rings is 1. The minimum Gasteiger partial charge on any atom is -0.319 e. The van der Waals surface area contributed by atoms with E-state index in [1.807, 2.05) is 7.05 Å². The molecule has 14 heavy (non-hydrogen) atoms. The number of hydrogen-bond acceptors (Lipinski definition) is 1. The van der Waals surface area contributed by atoms with E-state index in [1.165, 1.54) is 18.2 Å². The van der Waals surface area contributed by atoms with E-state index in [1.54, 1.807) is 0 Å². The highest BCUT2D eigenvalue weighted by Gasteiger charge is 2.40. The third-order valence-corrected chi connectivity index (χ3v) is 2.76. The Balaban J connectivity index is 2.18. The second-order valence-corrected chi connectivity index (χ2v) is 3.80. The van der Waals surface area contributed by atoms with Crippen molar-refractivity contribution in [3.8, 4) is 0 Å². The van der Waals surface area contributed by atoms with Gasteiger partial charge in [0.05, 0.1) is 0 Å². The van der Waals surface area contributed by atoms with Crippen molar-refractivity contribution in [2.45, 2.75) is 12.3 Å². The van der Waals surface area contributed by atoms with Gasteiger partial charge in [0.15, 0.2) is 0 Å². The summed E-state index contributed by atoms with van der Waals surface area (Å²) >= 11 is 0. The molecular weight excluding hydrogens is 184 g/mol. The highest BCUT2D eigenvalue weighted by Crippen LogP contribution is 2.48. The lowest BCUT2D eigenvalue weighted by molar-refractivity contribution is 0.549. The Morgan fingerprint density at radius 3 is 2.57 bits per heavy atom. The quantitative estimate of drug-likeness (QED) is 0.784. The van der Waals surface area contributed by atoms with Crippen LogP contribution in [0.25, 0.3) is 0 Å². The van der Waals surface area contributed by atoms with Gasteiger partial charge in [0.1, 0.15) is 11.6 Å². The second-order valence-electron chi connectivity index (χ2n) is 3.80. The van der Waals surface area contributed by atoms with E-state index in [0.29, 0.717) is 5.92 Å². The van der Waals surface area contributed by atoms with Crippen molar-refractivity contribution in [3.05, 3.63) is 35.4 Å². The fraction of sp³-hybridized carbons (Fsp3) is 0.455. The maximum atomic E-state index is 13.3. The minimum absolute atomic E-state index is 0.0728. The molecule has 0 heterocycles. The van der Waals surface area contributed by atoms with Crippen molar-refractivity contribution in [1.29, 1.82) is 0 Å². The van der Waals surface area contributed by atoms with Crippen LogP contribution in [0.15, 0.2) is 18.2 Å². The standard InChI is InChI=1S/C11H13F2N/c1-14-6-7-5-8(7)11-9(12)3-2-4-10(11)13/h2-4,7-8,14H,5-6H2,1H3/t7-,8-/m0/s1. The Hall–Kier alpha value is -0.960. The third-order valence-electron chi connectivity index (χ3n) is 2.76. The molecule has 76 valence electrons. The Morgan fingerprint density at radius 1 is 1.36 bits per heavy atom. The summed E-state index contributed by atoms with van der Waals surface area (Å²) in [5, 5.41) is 3.02. The first-order valence-electron chi connectivity index (χ1n) is 4.82. The maximum Gasteiger partial charge on any atom is 0.129 e. The fourth-order valence-electron chi connectivity index (χ4n) is 1.95. The van der Waals surface area contributed by atoms with E-state index in [0.717, 1.165) is 13.0 Å². The molecule has 0 spiro atoms. The SMILES string of the molecule is CNC[C@@H]1C[C@@H]1c1c(F)cccc1F. The maximum absolute atomic E-state index is 13.3. The van der Waals surface area contributed by atoms with Gasteiger partial charge in [0.25, 0.3) is 0 Å². The average Bonchev–Trinajstić information content (AvgIpc) is 2.85. The fourth-order valence-corrected chi connectivity index (χ4v) is 1.95. The van der Waals surface area contributed by atoms with Crippen LogP contribution in [0.5, 0.6) is 0 Å². The molecule has 1 aromatic rings. The summed E-state index contributed by atoms with van der Waals surface area (Å²) in [6, 6.07) is 4.06. The van der Waals surface area contributed by atoms with Gasteiger partial charge in [-0.05, 0) is 44.0 Å². The molecule has 2 atom stereocenters. The summed E-state index contributed by atoms with van der Waals surface area (Å²) in [5.74, 6) is -0.350. The van der Waals surface area contributed by atoms with E-state index in [4.69, 9.17) is 0 Å². The van der Waals surface area contributed by atoms with E-state index >= 15 is 0 Å². The number of hydrogen-bond donors (Lipinski definition) is 1. The van der Waals surface area contributed by atoms with Gasteiger partial charge in [-0.2, -0.15) is 0 Å². The first kappa shape index (κ1) is 9.59. The Morgan fingerprint density at radius 2 is 2.00 bits per heavy atom. The van der Waals surface area contributed by atoms with Crippen LogP contribution in [0.2, 0.25) is 0 Å². The van der Waals surface area contributed by atoms with Crippen molar-refractivity contribution in [1.82, 2.24) is 5.32 Å². The second kappa shape index (κ2) is 3.65. The van der Waals surface area contributed by atoms with Crippen LogP contribution in [0, 0.1) is 17.6 Å². The molecule has 1 nitrogen and oxygen atoms in total. The van der Waals surface area contributed by atoms with Crippen molar-refractivity contribution < 1.29 is 8.78 Å². The van der Waals surface area contributed by atoms with Gasteiger partial charge in [0.2, 0.25) is 0 Å². The Bertz CT molecular complexity index is 318. The van der Waals surface area contributed by atoms with Gasteiger partial charge < -0.3 is 5.32 Å². The van der Waals surface area contributed by atoms with Crippen LogP contribution in [-0.2, 0) is 0 Å². The predicted molar refractivity (Wildman–Crippen MR) is 51.1 cm³/mol. The molecule has 1 aliphatic carbocycles. The number of halogens is 2. The van der Waals surface area contributed by atoms with Gasteiger partial charge >= 0.3 is 0 Å². The third kappa shape index (κ3) is 1.64. The van der Waals surface area contributed by atoms with Crippen molar-refractivity contribution in [3.63, 3.8) is 0 Å². The average molecular weight is 197 g/mol. The lowest BCUT2D eigenvalue weighted by Crippen LogP contribution is -2.10. The molecule has 2 rings (SSSR count). The zero-order valence-corrected chi connectivity index (χ0v) is 8.06. The predicted octanol–water partition coefficient (Wildman–Crippen LogP) is 2.29. The van der Waals surface area contributed by atoms with E-state index in [9.17, 15) is 8.78 Å². The summed E-state index contributed by atoms with van der Waals surface area (Å²) in [5.41, 5.74) is 0.271. The van der Waals surface area contributed by atoms with Crippen LogP contribution in [0.3, 0.4) is 0 Å². The molecule has 0 radical (unpaired) electrons. The molecule has 0 aromatic heterocycles. The molecule has 1 fully saturated rings. The molecule has 1 aromatic carbocycles. The summed E-state index contributed by atoms with van der Waals surface area (Å²) in [6.07, 6.45) is 0.888. The van der Waals surface area contributed by atoms with Crippen LogP contribution >= 0.6 is 0 Å². The summed E-state index contributed by atoms with van der Waals surface area (Å²) in [7, 11) is 1.85. The highest BCUT2D eigenvalue weighted by atomic mass is 19.1. The topological polar surface area (TPSA) is 12.0 Å². The molecule has 1 saturated carbocycles. The molecule has 0 unspecified atom stereocenters. The monoisotopic (exact) mass is 197 g/mol. The summed E-state index contributed by atoms with van der Waals surface area (Å²) in [6.45, 7) is 0.832. The number of nitrogens with one attached hydrogen (secondary N) is 1. The first-order chi connectivity index (χ1) is 6.74. The van der Waals surface area contributed by atoms with Gasteiger partial charge in [-0.25, -0.2) is 8.78 Å². The summed E-state index contributed by atoms with van der Waals surface area (Å²) < 4.78 is 26.6. The zero-order valence-electron chi connectivity index (χ0n) is 8.06. The van der Waals surface area contributed by atoms with Crippen LogP contribution in [-0.4, -0.2) is 13.6 Å². The molecule has 3 heteroatoms. The molecule has 1 N–H and O–H groups in total. The minimum atomic E-state index is -0.409. The van der Waals surface area contributed by atoms with Gasteiger partial charge in [-0.3, -0.25) is 0 Å². The molecule has 0 bridgehead atoms. The zero-order chi connectivity index (χ0) is 10.1. The van der Waals surface area contributed by atoms with Crippen LogP contribution < -0.4 is 5.32 Å². The van der Waals surface area contributed by atoms with Crippen molar-refractivity contribution in [2.24, 2.45) is 5.92 Å². The van der Waals surface area contributed by atoms with Gasteiger partial charge in [0, 0.05) is 5.56 Å². The molecule has 0 aliphatic heterocycles. The first-order valence-corrected chi connectivity index (χ1v) is 4.82. The lowest BCUT2D eigenvalue weighted by Gasteiger charge is -2.03. The Kier molecular flexibility index (Phi) is 2.50. The van der Waals surface area contributed by atoms with Crippen molar-refractivity contribution in [2.75, 3.05) is 13.6 Å². The van der Waals surface area contributed by atoms with Gasteiger partial charge in [-0.15, -0.1) is 0 Å². The Labute approximate surface area is 82.1 Å². The highest BCUT2D eigenvalue weighted by molar-refractivity contribution is 5.29. The van der Waals surface area contributed by atoms with E-state index in [2.05, 4.69) is 5.32 Å². The van der Waals surface area contributed by atoms with E-state index in [-0.39, 0.29) is 11.5 Å². The van der Waals surface area contributed by atoms with Crippen LogP contribution in [0.4, 0.5) is 8.78 Å². The molecular formula is C11H13F2N. The number of rotatable bonds is 3. The van der Waals surface area contributed by atoms with Gasteiger partial charge in [-0.1, -0.05) is 6.07 Å². The van der Waals surface area contributed by atoms with E-state index < -0.39 is 11.6 Å². The lowest BCUT2D eigenvalue weighted by atomic mass is 10.1. The molecule has 0 amide bonds. The molecule has 1 aliphatic rings. The smallest absolute Gasteiger partial charge is 0.129 e. The summed E-state index contributed by atoms with van der Waals surface area (Å²) in [4.78, 5) is 0. The normalized spacial score (nSPS) is 25.1. The van der Waals surface area contributed by atoms with Crippen molar-refractivity contribution >= 4 is 0 Å². The largest absolute Gasteiger partial charge is 0.319 e. The molecule has 0 saturated heterocycles. The van der Waals surface area contributed by atoms with Crippen LogP contribution in [0.1, 0.15) is 17.9 Å².